The number of hydrogen-bond acceptors (Lipinski definition) is 3. The summed E-state index contributed by atoms with van der Waals surface area (Å²) in [5, 5.41) is 4.87. The van der Waals surface area contributed by atoms with Crippen molar-refractivity contribution >= 4 is 17.5 Å². The fourth-order valence-electron chi connectivity index (χ4n) is 2.31. The standard InChI is InChI=1S/C16H20F3N3O2/c1-22(2)9-3-8-20-14(23)16(6-7-16)15(24)21-11-5-4-10(17)12(18)13(11)19/h4-5H,3,6-9H2,1-2H3,(H,20,23)(H,21,24). The van der Waals surface area contributed by atoms with Crippen LogP contribution < -0.4 is 10.6 Å². The Bertz CT molecular complexity index is 646. The van der Waals surface area contributed by atoms with Gasteiger partial charge in [-0.25, -0.2) is 13.2 Å². The summed E-state index contributed by atoms with van der Waals surface area (Å²) in [6.45, 7) is 1.21. The summed E-state index contributed by atoms with van der Waals surface area (Å²) in [6.07, 6.45) is 1.40. The van der Waals surface area contributed by atoms with Crippen molar-refractivity contribution in [1.29, 1.82) is 0 Å². The van der Waals surface area contributed by atoms with Crippen LogP contribution in [-0.4, -0.2) is 43.9 Å². The van der Waals surface area contributed by atoms with Gasteiger partial charge in [-0.2, -0.15) is 0 Å². The van der Waals surface area contributed by atoms with Gasteiger partial charge < -0.3 is 15.5 Å². The summed E-state index contributed by atoms with van der Waals surface area (Å²) in [5.74, 6) is -5.62. The number of hydrogen-bond donors (Lipinski definition) is 2. The molecule has 2 rings (SSSR count). The third-order valence-electron chi connectivity index (χ3n) is 3.97. The van der Waals surface area contributed by atoms with Crippen molar-refractivity contribution in [3.8, 4) is 0 Å². The molecule has 1 aliphatic rings. The van der Waals surface area contributed by atoms with E-state index in [-0.39, 0.29) is 0 Å². The average molecular weight is 343 g/mol. The normalized spacial score (nSPS) is 15.2. The van der Waals surface area contributed by atoms with Gasteiger partial charge in [-0.05, 0) is 52.0 Å². The molecule has 1 fully saturated rings. The third-order valence-corrected chi connectivity index (χ3v) is 3.97. The highest BCUT2D eigenvalue weighted by Crippen LogP contribution is 2.47. The molecule has 2 amide bonds. The van der Waals surface area contributed by atoms with Gasteiger partial charge in [0.05, 0.1) is 5.69 Å². The van der Waals surface area contributed by atoms with E-state index in [1.165, 1.54) is 0 Å². The van der Waals surface area contributed by atoms with Crippen molar-refractivity contribution < 1.29 is 22.8 Å². The van der Waals surface area contributed by atoms with E-state index in [1.807, 2.05) is 19.0 Å². The van der Waals surface area contributed by atoms with Crippen LogP contribution in [0.1, 0.15) is 19.3 Å². The molecule has 0 spiro atoms. The van der Waals surface area contributed by atoms with E-state index in [0.717, 1.165) is 25.1 Å². The van der Waals surface area contributed by atoms with Gasteiger partial charge in [0.15, 0.2) is 17.5 Å². The Hall–Kier alpha value is -2.09. The molecule has 8 heteroatoms. The molecule has 0 radical (unpaired) electrons. The van der Waals surface area contributed by atoms with Crippen molar-refractivity contribution in [2.45, 2.75) is 19.3 Å². The van der Waals surface area contributed by atoms with Crippen LogP contribution in [0, 0.1) is 22.9 Å². The monoisotopic (exact) mass is 343 g/mol. The van der Waals surface area contributed by atoms with Gasteiger partial charge in [0.1, 0.15) is 5.41 Å². The summed E-state index contributed by atoms with van der Waals surface area (Å²) in [6, 6.07) is 1.64. The zero-order chi connectivity index (χ0) is 17.9. The van der Waals surface area contributed by atoms with E-state index in [1.54, 1.807) is 0 Å². The molecule has 1 aromatic carbocycles. The summed E-state index contributed by atoms with van der Waals surface area (Å²) in [5.41, 5.74) is -1.74. The maximum atomic E-state index is 13.6. The lowest BCUT2D eigenvalue weighted by atomic mass is 10.0. The Labute approximate surface area is 138 Å². The van der Waals surface area contributed by atoms with Gasteiger partial charge >= 0.3 is 0 Å². The number of amides is 2. The second kappa shape index (κ2) is 7.21. The van der Waals surface area contributed by atoms with Crippen molar-refractivity contribution in [3.63, 3.8) is 0 Å². The summed E-state index contributed by atoms with van der Waals surface area (Å²) < 4.78 is 39.7. The van der Waals surface area contributed by atoms with Crippen LogP contribution in [0.25, 0.3) is 0 Å². The van der Waals surface area contributed by atoms with E-state index in [9.17, 15) is 22.8 Å². The van der Waals surface area contributed by atoms with Gasteiger partial charge in [-0.1, -0.05) is 0 Å². The molecular formula is C16H20F3N3O2. The Morgan fingerprint density at radius 2 is 1.79 bits per heavy atom. The Kier molecular flexibility index (Phi) is 5.48. The Balaban J connectivity index is 1.96. The lowest BCUT2D eigenvalue weighted by Crippen LogP contribution is -2.40. The molecule has 2 N–H and O–H groups in total. The second-order valence-corrected chi connectivity index (χ2v) is 6.17. The van der Waals surface area contributed by atoms with Gasteiger partial charge in [0, 0.05) is 6.54 Å². The lowest BCUT2D eigenvalue weighted by molar-refractivity contribution is -0.134. The first-order valence-electron chi connectivity index (χ1n) is 7.66. The topological polar surface area (TPSA) is 61.4 Å². The number of nitrogens with one attached hydrogen (secondary N) is 2. The number of halogens is 3. The summed E-state index contributed by atoms with van der Waals surface area (Å²) in [4.78, 5) is 26.4. The van der Waals surface area contributed by atoms with E-state index < -0.39 is 40.4 Å². The van der Waals surface area contributed by atoms with Gasteiger partial charge in [-0.3, -0.25) is 9.59 Å². The van der Waals surface area contributed by atoms with Crippen molar-refractivity contribution in [3.05, 3.63) is 29.6 Å². The quantitative estimate of drug-likeness (QED) is 0.452. The SMILES string of the molecule is CN(C)CCCNC(=O)C1(C(=O)Nc2ccc(F)c(F)c2F)CC1. The third kappa shape index (κ3) is 3.87. The van der Waals surface area contributed by atoms with Crippen LogP contribution in [0.3, 0.4) is 0 Å². The number of rotatable bonds is 7. The molecule has 1 aliphatic carbocycles. The van der Waals surface area contributed by atoms with Crippen LogP contribution in [0.4, 0.5) is 18.9 Å². The zero-order valence-electron chi connectivity index (χ0n) is 13.6. The average Bonchev–Trinajstić information content (AvgIpc) is 3.33. The maximum absolute atomic E-state index is 13.6. The first-order chi connectivity index (χ1) is 11.3. The first kappa shape index (κ1) is 18.3. The highest BCUT2D eigenvalue weighted by atomic mass is 19.2. The van der Waals surface area contributed by atoms with Crippen LogP contribution in [0.2, 0.25) is 0 Å². The summed E-state index contributed by atoms with van der Waals surface area (Å²) in [7, 11) is 3.82. The maximum Gasteiger partial charge on any atom is 0.240 e. The van der Waals surface area contributed by atoms with Gasteiger partial charge in [-0.15, -0.1) is 0 Å². The molecule has 0 atom stereocenters. The molecule has 0 heterocycles. The van der Waals surface area contributed by atoms with Gasteiger partial charge in [0.2, 0.25) is 11.8 Å². The zero-order valence-corrected chi connectivity index (χ0v) is 13.6. The molecule has 1 saturated carbocycles. The molecule has 1 aromatic rings. The smallest absolute Gasteiger partial charge is 0.240 e. The van der Waals surface area contributed by atoms with Crippen molar-refractivity contribution in [2.24, 2.45) is 5.41 Å². The molecule has 24 heavy (non-hydrogen) atoms. The Morgan fingerprint density at radius 1 is 1.12 bits per heavy atom. The minimum absolute atomic E-state index is 0.337. The number of nitrogens with zero attached hydrogens (tertiary/aromatic N) is 1. The van der Waals surface area contributed by atoms with Crippen LogP contribution in [-0.2, 0) is 9.59 Å². The van der Waals surface area contributed by atoms with E-state index in [4.69, 9.17) is 0 Å². The number of carbonyl (C=O) groups excluding carboxylic acids is 2. The van der Waals surface area contributed by atoms with Gasteiger partial charge in [0.25, 0.3) is 0 Å². The molecule has 0 aliphatic heterocycles. The molecular weight excluding hydrogens is 323 g/mol. The van der Waals surface area contributed by atoms with E-state index >= 15 is 0 Å². The highest BCUT2D eigenvalue weighted by Gasteiger charge is 2.56. The number of benzene rings is 1. The Morgan fingerprint density at radius 3 is 2.38 bits per heavy atom. The predicted octanol–water partition coefficient (Wildman–Crippen LogP) is 1.89. The van der Waals surface area contributed by atoms with E-state index in [2.05, 4.69) is 10.6 Å². The minimum Gasteiger partial charge on any atom is -0.355 e. The largest absolute Gasteiger partial charge is 0.355 e. The number of anilines is 1. The van der Waals surface area contributed by atoms with Crippen molar-refractivity contribution in [1.82, 2.24) is 10.2 Å². The minimum atomic E-state index is -1.66. The molecule has 5 nitrogen and oxygen atoms in total. The van der Waals surface area contributed by atoms with Crippen LogP contribution in [0.15, 0.2) is 12.1 Å². The molecule has 0 bridgehead atoms. The molecule has 0 aromatic heterocycles. The number of carbonyl (C=O) groups is 2. The fraction of sp³-hybridized carbons (Fsp3) is 0.500. The fourth-order valence-corrected chi connectivity index (χ4v) is 2.31. The predicted molar refractivity (Wildman–Crippen MR) is 82.8 cm³/mol. The van der Waals surface area contributed by atoms with E-state index in [0.29, 0.717) is 19.4 Å². The highest BCUT2D eigenvalue weighted by molar-refractivity contribution is 6.13. The first-order valence-corrected chi connectivity index (χ1v) is 7.66. The van der Waals surface area contributed by atoms with Crippen molar-refractivity contribution in [2.75, 3.05) is 32.5 Å². The summed E-state index contributed by atoms with van der Waals surface area (Å²) >= 11 is 0. The second-order valence-electron chi connectivity index (χ2n) is 6.17. The van der Waals surface area contributed by atoms with Crippen LogP contribution in [0.5, 0.6) is 0 Å². The lowest BCUT2D eigenvalue weighted by Gasteiger charge is -2.16. The molecule has 0 unspecified atom stereocenters. The molecule has 132 valence electrons. The van der Waals surface area contributed by atoms with Crippen LogP contribution >= 0.6 is 0 Å². The molecule has 0 saturated heterocycles.